The lowest BCUT2D eigenvalue weighted by molar-refractivity contribution is -0.120. The van der Waals surface area contributed by atoms with Crippen LogP contribution in [0.3, 0.4) is 0 Å². The van der Waals surface area contributed by atoms with Crippen LogP contribution in [0.5, 0.6) is 5.75 Å². The van der Waals surface area contributed by atoms with Crippen molar-refractivity contribution in [1.29, 1.82) is 0 Å². The molecule has 0 saturated carbocycles. The number of sulfonamides is 1. The Morgan fingerprint density at radius 2 is 1.89 bits per heavy atom. The number of methoxy groups -OCH3 is 1. The van der Waals surface area contributed by atoms with Gasteiger partial charge in [-0.2, -0.15) is 4.31 Å². The van der Waals surface area contributed by atoms with Gasteiger partial charge in [0.2, 0.25) is 15.9 Å². The molecule has 0 spiro atoms. The number of anilines is 1. The van der Waals surface area contributed by atoms with Crippen molar-refractivity contribution < 1.29 is 17.9 Å². The number of rotatable bonds is 5. The Kier molecular flexibility index (Phi) is 6.42. The molecule has 1 saturated heterocycles. The van der Waals surface area contributed by atoms with E-state index in [-0.39, 0.29) is 10.8 Å². The molecule has 1 aliphatic rings. The highest BCUT2D eigenvalue weighted by Crippen LogP contribution is 2.29. The molecule has 2 aromatic rings. The van der Waals surface area contributed by atoms with Crippen molar-refractivity contribution in [3.05, 3.63) is 52.5 Å². The quantitative estimate of drug-likeness (QED) is 0.723. The molecule has 3 rings (SSSR count). The van der Waals surface area contributed by atoms with E-state index in [1.54, 1.807) is 30.3 Å². The SMILES string of the molecule is COc1ccc(C)cc1NC(=O)[C@@H]1CCCCN1S(=O)(=O)c1ccc(Br)cc1. The molecule has 0 aromatic heterocycles. The lowest BCUT2D eigenvalue weighted by Gasteiger charge is -2.33. The largest absolute Gasteiger partial charge is 0.495 e. The van der Waals surface area contributed by atoms with Crippen LogP contribution in [0.1, 0.15) is 24.8 Å². The Bertz CT molecular complexity index is 961. The molecule has 0 bridgehead atoms. The standard InChI is InChI=1S/C20H23BrN2O4S/c1-14-6-11-19(27-2)17(13-14)22-20(24)18-5-3-4-12-23(18)28(25,26)16-9-7-15(21)8-10-16/h6-11,13,18H,3-5,12H2,1-2H3,(H,22,24)/t18-/m0/s1. The highest BCUT2D eigenvalue weighted by atomic mass is 79.9. The number of carbonyl (C=O) groups is 1. The Morgan fingerprint density at radius 3 is 2.57 bits per heavy atom. The molecule has 0 unspecified atom stereocenters. The summed E-state index contributed by atoms with van der Waals surface area (Å²) in [7, 11) is -2.24. The Labute approximate surface area is 174 Å². The summed E-state index contributed by atoms with van der Waals surface area (Å²) in [6, 6.07) is 11.2. The summed E-state index contributed by atoms with van der Waals surface area (Å²) in [5.41, 5.74) is 1.51. The first-order chi connectivity index (χ1) is 13.3. The average molecular weight is 467 g/mol. The first-order valence-corrected chi connectivity index (χ1v) is 11.3. The number of carbonyl (C=O) groups excluding carboxylic acids is 1. The van der Waals surface area contributed by atoms with Crippen LogP contribution in [0, 0.1) is 6.92 Å². The maximum absolute atomic E-state index is 13.1. The van der Waals surface area contributed by atoms with Crippen LogP contribution in [0.15, 0.2) is 51.8 Å². The van der Waals surface area contributed by atoms with Crippen LogP contribution < -0.4 is 10.1 Å². The highest BCUT2D eigenvalue weighted by molar-refractivity contribution is 9.10. The minimum Gasteiger partial charge on any atom is -0.495 e. The summed E-state index contributed by atoms with van der Waals surface area (Å²) >= 11 is 3.32. The van der Waals surface area contributed by atoms with Crippen molar-refractivity contribution in [1.82, 2.24) is 4.31 Å². The minimum atomic E-state index is -3.77. The highest BCUT2D eigenvalue weighted by Gasteiger charge is 2.37. The Balaban J connectivity index is 1.88. The maximum Gasteiger partial charge on any atom is 0.243 e. The fourth-order valence-corrected chi connectivity index (χ4v) is 5.25. The van der Waals surface area contributed by atoms with Gasteiger partial charge in [0, 0.05) is 11.0 Å². The van der Waals surface area contributed by atoms with Crippen molar-refractivity contribution in [3.63, 3.8) is 0 Å². The van der Waals surface area contributed by atoms with Crippen molar-refractivity contribution in [3.8, 4) is 5.75 Å². The van der Waals surface area contributed by atoms with E-state index >= 15 is 0 Å². The van der Waals surface area contributed by atoms with Crippen LogP contribution in [0.25, 0.3) is 0 Å². The second kappa shape index (κ2) is 8.63. The smallest absolute Gasteiger partial charge is 0.243 e. The molecule has 0 aliphatic carbocycles. The summed E-state index contributed by atoms with van der Waals surface area (Å²) in [6.07, 6.45) is 2.01. The third kappa shape index (κ3) is 4.39. The zero-order valence-electron chi connectivity index (χ0n) is 15.8. The van der Waals surface area contributed by atoms with Crippen LogP contribution in [0.4, 0.5) is 5.69 Å². The Hall–Kier alpha value is -1.90. The van der Waals surface area contributed by atoms with E-state index in [1.807, 2.05) is 19.1 Å². The van der Waals surface area contributed by atoms with E-state index in [1.165, 1.54) is 11.4 Å². The van der Waals surface area contributed by atoms with Crippen molar-refractivity contribution in [2.45, 2.75) is 37.1 Å². The van der Waals surface area contributed by atoms with Gasteiger partial charge in [-0.05, 0) is 61.7 Å². The van der Waals surface area contributed by atoms with Gasteiger partial charge in [-0.1, -0.05) is 28.4 Å². The molecule has 1 aliphatic heterocycles. The van der Waals surface area contributed by atoms with E-state index in [0.717, 1.165) is 22.9 Å². The van der Waals surface area contributed by atoms with Crippen molar-refractivity contribution >= 4 is 37.5 Å². The molecular formula is C20H23BrN2O4S. The van der Waals surface area contributed by atoms with Gasteiger partial charge in [-0.3, -0.25) is 4.79 Å². The third-order valence-corrected chi connectivity index (χ3v) is 7.24. The van der Waals surface area contributed by atoms with Gasteiger partial charge in [0.1, 0.15) is 11.8 Å². The molecule has 2 aromatic carbocycles. The van der Waals surface area contributed by atoms with E-state index in [9.17, 15) is 13.2 Å². The van der Waals surface area contributed by atoms with Gasteiger partial charge in [-0.25, -0.2) is 8.42 Å². The number of amides is 1. The number of piperidine rings is 1. The van der Waals surface area contributed by atoms with Crippen molar-refractivity contribution in [2.24, 2.45) is 0 Å². The summed E-state index contributed by atoms with van der Waals surface area (Å²) in [5.74, 6) is 0.196. The number of ether oxygens (including phenoxy) is 1. The molecule has 1 N–H and O–H groups in total. The van der Waals surface area contributed by atoms with Crippen molar-refractivity contribution in [2.75, 3.05) is 19.0 Å². The van der Waals surface area contributed by atoms with Crippen LogP contribution in [-0.2, 0) is 14.8 Å². The minimum absolute atomic E-state index is 0.184. The zero-order chi connectivity index (χ0) is 20.3. The molecule has 8 heteroatoms. The van der Waals surface area contributed by atoms with Crippen LogP contribution >= 0.6 is 15.9 Å². The van der Waals surface area contributed by atoms with E-state index in [0.29, 0.717) is 24.4 Å². The first kappa shape index (κ1) is 20.8. The molecule has 28 heavy (non-hydrogen) atoms. The number of nitrogens with one attached hydrogen (secondary N) is 1. The number of benzene rings is 2. The predicted molar refractivity (Wildman–Crippen MR) is 112 cm³/mol. The van der Waals surface area contributed by atoms with Gasteiger partial charge in [0.25, 0.3) is 0 Å². The monoisotopic (exact) mass is 466 g/mol. The first-order valence-electron chi connectivity index (χ1n) is 9.06. The van der Waals surface area contributed by atoms with Gasteiger partial charge >= 0.3 is 0 Å². The lowest BCUT2D eigenvalue weighted by Crippen LogP contribution is -2.49. The number of nitrogens with zero attached hydrogens (tertiary/aromatic N) is 1. The fraction of sp³-hybridized carbons (Fsp3) is 0.350. The fourth-order valence-electron chi connectivity index (χ4n) is 3.33. The molecule has 1 amide bonds. The van der Waals surface area contributed by atoms with Crippen LogP contribution in [-0.4, -0.2) is 38.3 Å². The number of halogens is 1. The summed E-state index contributed by atoms with van der Waals surface area (Å²) in [4.78, 5) is 13.2. The van der Waals surface area contributed by atoms with E-state index in [4.69, 9.17) is 4.74 Å². The number of hydrogen-bond donors (Lipinski definition) is 1. The topological polar surface area (TPSA) is 75.7 Å². The van der Waals surface area contributed by atoms with Gasteiger partial charge < -0.3 is 10.1 Å². The number of hydrogen-bond acceptors (Lipinski definition) is 4. The molecule has 1 atom stereocenters. The molecule has 0 radical (unpaired) electrons. The lowest BCUT2D eigenvalue weighted by atomic mass is 10.0. The second-order valence-corrected chi connectivity index (χ2v) is 9.58. The normalized spacial score (nSPS) is 17.9. The summed E-state index contributed by atoms with van der Waals surface area (Å²) < 4.78 is 33.7. The zero-order valence-corrected chi connectivity index (χ0v) is 18.2. The predicted octanol–water partition coefficient (Wildman–Crippen LogP) is 3.95. The van der Waals surface area contributed by atoms with Gasteiger partial charge in [-0.15, -0.1) is 0 Å². The van der Waals surface area contributed by atoms with Crippen LogP contribution in [0.2, 0.25) is 0 Å². The molecule has 1 heterocycles. The Morgan fingerprint density at radius 1 is 1.18 bits per heavy atom. The number of aryl methyl sites for hydroxylation is 1. The molecule has 150 valence electrons. The summed E-state index contributed by atoms with van der Waals surface area (Å²) in [5, 5.41) is 2.86. The summed E-state index contributed by atoms with van der Waals surface area (Å²) in [6.45, 7) is 2.24. The second-order valence-electron chi connectivity index (χ2n) is 6.77. The molecule has 1 fully saturated rings. The third-order valence-electron chi connectivity index (χ3n) is 4.79. The molecular weight excluding hydrogens is 444 g/mol. The average Bonchev–Trinajstić information content (AvgIpc) is 2.68. The van der Waals surface area contributed by atoms with Gasteiger partial charge in [0.15, 0.2) is 0 Å². The molecule has 6 nitrogen and oxygen atoms in total. The van der Waals surface area contributed by atoms with E-state index < -0.39 is 16.1 Å². The van der Waals surface area contributed by atoms with Gasteiger partial charge in [0.05, 0.1) is 17.7 Å². The maximum atomic E-state index is 13.1. The van der Waals surface area contributed by atoms with E-state index in [2.05, 4.69) is 21.2 Å².